The zero-order valence-corrected chi connectivity index (χ0v) is 11.8. The number of aliphatic hydroxyl groups excluding tert-OH is 2. The summed E-state index contributed by atoms with van der Waals surface area (Å²) in [6.07, 6.45) is 1.29. The molecule has 0 heterocycles. The number of ether oxygens (including phenoxy) is 1. The van der Waals surface area contributed by atoms with Crippen LogP contribution in [0.15, 0.2) is 24.3 Å². The lowest BCUT2D eigenvalue weighted by Crippen LogP contribution is -2.27. The van der Waals surface area contributed by atoms with Gasteiger partial charge in [-0.2, -0.15) is 0 Å². The van der Waals surface area contributed by atoms with Crippen LogP contribution in [-0.2, 0) is 0 Å². The maximum Gasteiger partial charge on any atom is 0.119 e. The van der Waals surface area contributed by atoms with Gasteiger partial charge in [0.25, 0.3) is 0 Å². The molecule has 0 saturated heterocycles. The van der Waals surface area contributed by atoms with Crippen LogP contribution in [0.1, 0.15) is 31.4 Å². The van der Waals surface area contributed by atoms with Crippen molar-refractivity contribution in [3.8, 4) is 5.75 Å². The Morgan fingerprint density at radius 3 is 2.74 bits per heavy atom. The van der Waals surface area contributed by atoms with Gasteiger partial charge < -0.3 is 20.3 Å². The number of nitrogens with one attached hydrogen (secondary N) is 1. The lowest BCUT2D eigenvalue weighted by Gasteiger charge is -2.17. The maximum atomic E-state index is 10.1. The fourth-order valence-corrected chi connectivity index (χ4v) is 2.02. The van der Waals surface area contributed by atoms with Crippen molar-refractivity contribution in [1.82, 2.24) is 5.32 Å². The van der Waals surface area contributed by atoms with Crippen molar-refractivity contribution in [1.29, 1.82) is 0 Å². The predicted octanol–water partition coefficient (Wildman–Crippen LogP) is 1.73. The number of aliphatic hydroxyl groups is 2. The highest BCUT2D eigenvalue weighted by molar-refractivity contribution is 5.29. The molecule has 0 fully saturated rings. The van der Waals surface area contributed by atoms with Crippen LogP contribution in [0.4, 0.5) is 0 Å². The molecule has 4 nitrogen and oxygen atoms in total. The van der Waals surface area contributed by atoms with Crippen molar-refractivity contribution < 1.29 is 14.9 Å². The molecule has 2 atom stereocenters. The minimum absolute atomic E-state index is 0.221. The first kappa shape index (κ1) is 16.0. The third-order valence-electron chi connectivity index (χ3n) is 3.36. The lowest BCUT2D eigenvalue weighted by atomic mass is 10.0. The lowest BCUT2D eigenvalue weighted by molar-refractivity contribution is 0.170. The second kappa shape index (κ2) is 8.91. The topological polar surface area (TPSA) is 61.7 Å². The molecular formula is C15H25NO3. The third-order valence-corrected chi connectivity index (χ3v) is 3.36. The molecule has 0 saturated carbocycles. The Hall–Kier alpha value is -1.10. The summed E-state index contributed by atoms with van der Waals surface area (Å²) in [7, 11) is 1.62. The largest absolute Gasteiger partial charge is 0.497 e. The van der Waals surface area contributed by atoms with Crippen molar-refractivity contribution in [3.63, 3.8) is 0 Å². The van der Waals surface area contributed by atoms with E-state index in [4.69, 9.17) is 9.84 Å². The number of hydrogen-bond acceptors (Lipinski definition) is 4. The molecule has 3 N–H and O–H groups in total. The Morgan fingerprint density at radius 1 is 1.32 bits per heavy atom. The van der Waals surface area contributed by atoms with Crippen molar-refractivity contribution in [3.05, 3.63) is 29.8 Å². The van der Waals surface area contributed by atoms with Gasteiger partial charge in [-0.05, 0) is 36.6 Å². The molecule has 0 amide bonds. The fourth-order valence-electron chi connectivity index (χ4n) is 2.02. The van der Waals surface area contributed by atoms with Crippen LogP contribution in [0.5, 0.6) is 5.75 Å². The molecule has 1 aromatic rings. The van der Waals surface area contributed by atoms with E-state index in [0.717, 1.165) is 30.7 Å². The van der Waals surface area contributed by atoms with Gasteiger partial charge in [0, 0.05) is 13.2 Å². The Balaban J connectivity index is 2.39. The van der Waals surface area contributed by atoms with E-state index in [1.807, 2.05) is 24.3 Å². The minimum Gasteiger partial charge on any atom is -0.497 e. The molecule has 0 aliphatic rings. The van der Waals surface area contributed by atoms with E-state index in [9.17, 15) is 5.11 Å². The zero-order valence-electron chi connectivity index (χ0n) is 11.8. The first-order valence-electron chi connectivity index (χ1n) is 6.84. The van der Waals surface area contributed by atoms with Gasteiger partial charge in [-0.25, -0.2) is 0 Å². The van der Waals surface area contributed by atoms with E-state index in [1.165, 1.54) is 0 Å². The van der Waals surface area contributed by atoms with Gasteiger partial charge in [-0.3, -0.25) is 0 Å². The van der Waals surface area contributed by atoms with Crippen molar-refractivity contribution in [2.24, 2.45) is 5.92 Å². The van der Waals surface area contributed by atoms with Gasteiger partial charge in [0.05, 0.1) is 13.2 Å². The van der Waals surface area contributed by atoms with Crippen molar-refractivity contribution in [2.75, 3.05) is 26.8 Å². The first-order valence-corrected chi connectivity index (χ1v) is 6.84. The minimum atomic E-state index is -0.540. The van der Waals surface area contributed by atoms with E-state index in [2.05, 4.69) is 12.2 Å². The van der Waals surface area contributed by atoms with Gasteiger partial charge in [-0.1, -0.05) is 25.5 Å². The van der Waals surface area contributed by atoms with Crippen LogP contribution in [0.2, 0.25) is 0 Å². The molecule has 0 aromatic heterocycles. The molecule has 0 radical (unpaired) electrons. The summed E-state index contributed by atoms with van der Waals surface area (Å²) < 4.78 is 5.14. The van der Waals surface area contributed by atoms with E-state index in [0.29, 0.717) is 12.5 Å². The van der Waals surface area contributed by atoms with Crippen LogP contribution >= 0.6 is 0 Å². The van der Waals surface area contributed by atoms with Crippen LogP contribution in [0.3, 0.4) is 0 Å². The SMILES string of the molecule is CCC(CCO)CNCC(O)c1cccc(OC)c1. The van der Waals surface area contributed by atoms with Gasteiger partial charge in [0.15, 0.2) is 0 Å². The number of benzene rings is 1. The van der Waals surface area contributed by atoms with Gasteiger partial charge >= 0.3 is 0 Å². The molecule has 1 rings (SSSR count). The maximum absolute atomic E-state index is 10.1. The Kier molecular flexibility index (Phi) is 7.48. The van der Waals surface area contributed by atoms with E-state index >= 15 is 0 Å². The normalized spacial score (nSPS) is 14.1. The highest BCUT2D eigenvalue weighted by Crippen LogP contribution is 2.18. The third kappa shape index (κ3) is 5.59. The summed E-state index contributed by atoms with van der Waals surface area (Å²) in [5.74, 6) is 1.21. The smallest absolute Gasteiger partial charge is 0.119 e. The zero-order chi connectivity index (χ0) is 14.1. The summed E-state index contributed by atoms with van der Waals surface area (Å²) in [6.45, 7) is 3.66. The van der Waals surface area contributed by atoms with Crippen molar-refractivity contribution >= 4 is 0 Å². The first-order chi connectivity index (χ1) is 9.21. The van der Waals surface area contributed by atoms with Crippen molar-refractivity contribution in [2.45, 2.75) is 25.9 Å². The molecule has 0 bridgehead atoms. The summed E-state index contributed by atoms with van der Waals surface area (Å²) in [5, 5.41) is 22.3. The Labute approximate surface area is 115 Å². The molecule has 0 aliphatic carbocycles. The molecule has 19 heavy (non-hydrogen) atoms. The second-order valence-corrected chi connectivity index (χ2v) is 4.74. The van der Waals surface area contributed by atoms with Gasteiger partial charge in [0.1, 0.15) is 5.75 Å². The quantitative estimate of drug-likeness (QED) is 0.637. The molecule has 1 aromatic carbocycles. The van der Waals surface area contributed by atoms with E-state index in [-0.39, 0.29) is 6.61 Å². The summed E-state index contributed by atoms with van der Waals surface area (Å²) in [4.78, 5) is 0. The number of hydrogen-bond donors (Lipinski definition) is 3. The molecule has 108 valence electrons. The summed E-state index contributed by atoms with van der Waals surface area (Å²) in [5.41, 5.74) is 0.849. The van der Waals surface area contributed by atoms with E-state index < -0.39 is 6.10 Å². The van der Waals surface area contributed by atoms with Crippen LogP contribution in [0.25, 0.3) is 0 Å². The monoisotopic (exact) mass is 267 g/mol. The number of rotatable bonds is 9. The van der Waals surface area contributed by atoms with Gasteiger partial charge in [-0.15, -0.1) is 0 Å². The molecular weight excluding hydrogens is 242 g/mol. The average Bonchev–Trinajstić information content (AvgIpc) is 2.46. The van der Waals surface area contributed by atoms with Crippen LogP contribution in [0, 0.1) is 5.92 Å². The molecule has 4 heteroatoms. The molecule has 0 aliphatic heterocycles. The fraction of sp³-hybridized carbons (Fsp3) is 0.600. The predicted molar refractivity (Wildman–Crippen MR) is 76.3 cm³/mol. The standard InChI is InChI=1S/C15H25NO3/c1-3-12(7-8-17)10-16-11-15(18)13-5-4-6-14(9-13)19-2/h4-6,9,12,15-18H,3,7-8,10-11H2,1-2H3. The highest BCUT2D eigenvalue weighted by Gasteiger charge is 2.10. The molecule has 2 unspecified atom stereocenters. The Bertz CT molecular complexity index is 357. The van der Waals surface area contributed by atoms with Crippen LogP contribution in [-0.4, -0.2) is 37.0 Å². The van der Waals surface area contributed by atoms with E-state index in [1.54, 1.807) is 7.11 Å². The van der Waals surface area contributed by atoms with Gasteiger partial charge in [0.2, 0.25) is 0 Å². The second-order valence-electron chi connectivity index (χ2n) is 4.74. The summed E-state index contributed by atoms with van der Waals surface area (Å²) >= 11 is 0. The average molecular weight is 267 g/mol. The summed E-state index contributed by atoms with van der Waals surface area (Å²) in [6, 6.07) is 7.47. The van der Waals surface area contributed by atoms with Crippen LogP contribution < -0.4 is 10.1 Å². The highest BCUT2D eigenvalue weighted by atomic mass is 16.5. The number of methoxy groups -OCH3 is 1. The Morgan fingerprint density at radius 2 is 2.11 bits per heavy atom. The molecule has 0 spiro atoms.